The predicted molar refractivity (Wildman–Crippen MR) is 236 cm³/mol. The summed E-state index contributed by atoms with van der Waals surface area (Å²) in [6.45, 7) is -0.00191. The molecule has 0 spiro atoms. The number of imidazole rings is 4. The molecule has 1 aliphatic heterocycles. The van der Waals surface area contributed by atoms with Crippen LogP contribution in [0.2, 0.25) is 0 Å². The fraction of sp³-hybridized carbons (Fsp3) is 0. The van der Waals surface area contributed by atoms with Crippen molar-refractivity contribution in [1.29, 1.82) is 0 Å². The van der Waals surface area contributed by atoms with E-state index in [-0.39, 0.29) is 27.8 Å². The molecular formula is C50H30BN7Pt. The number of nitrogens with zero attached hydrogens (tertiary/aromatic N) is 7. The summed E-state index contributed by atoms with van der Waals surface area (Å²) in [6, 6.07) is 72.1. The number of aromatic nitrogens is 6. The first-order chi connectivity index (χ1) is 28.8. The van der Waals surface area contributed by atoms with E-state index < -0.39 is 0 Å². The van der Waals surface area contributed by atoms with Crippen LogP contribution in [0.5, 0.6) is 0 Å². The summed E-state index contributed by atoms with van der Waals surface area (Å²) in [5, 5.41) is 0. The Bertz CT molecular complexity index is 3620. The van der Waals surface area contributed by atoms with Gasteiger partial charge in [0.05, 0.1) is 44.1 Å². The van der Waals surface area contributed by atoms with Crippen molar-refractivity contribution in [3.8, 4) is 11.4 Å². The van der Waals surface area contributed by atoms with Crippen LogP contribution in [0, 0.1) is 12.1 Å². The van der Waals surface area contributed by atoms with Crippen molar-refractivity contribution in [2.45, 2.75) is 0 Å². The molecule has 9 heteroatoms. The topological polar surface area (TPSA) is 47.7 Å². The molecule has 0 N–H and O–H groups in total. The van der Waals surface area contributed by atoms with Crippen LogP contribution in [0.4, 0.5) is 17.1 Å². The van der Waals surface area contributed by atoms with Gasteiger partial charge in [0.1, 0.15) is 0 Å². The number of fused-ring (bicyclic) bond motifs is 12. The molecule has 0 aliphatic carbocycles. The minimum atomic E-state index is -0.00191. The molecule has 0 bridgehead atoms. The van der Waals surface area contributed by atoms with Crippen molar-refractivity contribution >= 4 is 95.9 Å². The normalized spacial score (nSPS) is 12.5. The van der Waals surface area contributed by atoms with E-state index in [1.807, 2.05) is 12.1 Å². The molecule has 0 unspecified atom stereocenters. The Hall–Kier alpha value is -7.15. The summed E-state index contributed by atoms with van der Waals surface area (Å²) >= 11 is 0. The van der Waals surface area contributed by atoms with E-state index in [9.17, 15) is 0 Å². The van der Waals surface area contributed by atoms with Crippen molar-refractivity contribution in [3.63, 3.8) is 0 Å². The minimum Gasteiger partial charge on any atom is -0.359 e. The second-order valence-electron chi connectivity index (χ2n) is 14.9. The number of anilines is 3. The Morgan fingerprint density at radius 1 is 0.390 bits per heavy atom. The molecule has 0 saturated carbocycles. The number of para-hydroxylation sites is 9. The maximum Gasteiger partial charge on any atom is 2.00 e. The number of hydrogen-bond donors (Lipinski definition) is 0. The van der Waals surface area contributed by atoms with Crippen LogP contribution in [0.15, 0.2) is 182 Å². The van der Waals surface area contributed by atoms with Gasteiger partial charge in [0.15, 0.2) is 6.71 Å². The van der Waals surface area contributed by atoms with E-state index in [0.29, 0.717) is 0 Å². The summed E-state index contributed by atoms with van der Waals surface area (Å²) in [4.78, 5) is 12.7. The van der Waals surface area contributed by atoms with E-state index in [2.05, 4.69) is 205 Å². The van der Waals surface area contributed by atoms with Crippen LogP contribution in [-0.4, -0.2) is 34.6 Å². The van der Waals surface area contributed by atoms with Gasteiger partial charge in [-0.1, -0.05) is 131 Å². The molecule has 59 heavy (non-hydrogen) atoms. The molecule has 0 radical (unpaired) electrons. The minimum absolute atomic E-state index is 0. The Morgan fingerprint density at radius 2 is 0.898 bits per heavy atom. The quantitative estimate of drug-likeness (QED) is 0.131. The molecular weight excluding hydrogens is 904 g/mol. The third kappa shape index (κ3) is 4.81. The second kappa shape index (κ2) is 12.9. The van der Waals surface area contributed by atoms with Gasteiger partial charge >= 0.3 is 21.1 Å². The zero-order valence-electron chi connectivity index (χ0n) is 31.3. The Labute approximate surface area is 353 Å². The van der Waals surface area contributed by atoms with E-state index in [0.717, 1.165) is 84.1 Å². The smallest absolute Gasteiger partial charge is 0.359 e. The van der Waals surface area contributed by atoms with Gasteiger partial charge in [0, 0.05) is 5.69 Å². The molecule has 12 aromatic rings. The molecule has 0 amide bonds. The van der Waals surface area contributed by atoms with E-state index >= 15 is 0 Å². The van der Waals surface area contributed by atoms with Crippen LogP contribution >= 0.6 is 0 Å². The van der Waals surface area contributed by atoms with Crippen molar-refractivity contribution in [3.05, 3.63) is 194 Å². The van der Waals surface area contributed by atoms with Gasteiger partial charge < -0.3 is 14.0 Å². The fourth-order valence-corrected chi connectivity index (χ4v) is 9.39. The molecule has 278 valence electrons. The Balaban J connectivity index is 0.00000377. The maximum absolute atomic E-state index is 5.20. The van der Waals surface area contributed by atoms with Gasteiger partial charge in [0.2, 0.25) is 11.6 Å². The first-order valence-corrected chi connectivity index (χ1v) is 19.6. The molecule has 8 aromatic carbocycles. The van der Waals surface area contributed by atoms with Gasteiger partial charge in [-0.15, -0.1) is 35.8 Å². The van der Waals surface area contributed by atoms with Gasteiger partial charge in [-0.3, -0.25) is 8.80 Å². The molecule has 5 heterocycles. The van der Waals surface area contributed by atoms with Gasteiger partial charge in [-0.25, -0.2) is 9.97 Å². The second-order valence-corrected chi connectivity index (χ2v) is 14.9. The summed E-state index contributed by atoms with van der Waals surface area (Å²) in [7, 11) is 0. The average molecular weight is 935 g/mol. The van der Waals surface area contributed by atoms with Gasteiger partial charge in [-0.2, -0.15) is 12.1 Å². The van der Waals surface area contributed by atoms with Gasteiger partial charge in [-0.05, 0) is 54.6 Å². The standard InChI is InChI=1S/C50H30BN7.Pt/c1-2-15-33(16-3-1)51-37-19-4-7-22-41(37)54(34-17-14-18-35(31-34)55-44-25-10-12-27-46(44)57-42-23-8-5-20-39(42)52-49(55)57)48-32-36(29-30-38(48)51)56-45-26-11-13-28-47(45)58-43-24-9-6-21-40(43)53-50(56)58;/h1-30H;/q-2;+2. The summed E-state index contributed by atoms with van der Waals surface area (Å²) in [6.07, 6.45) is 0. The molecule has 13 rings (SSSR count). The average Bonchev–Trinajstić information content (AvgIpc) is 4.02. The third-order valence-corrected chi connectivity index (χ3v) is 11.8. The SMILES string of the molecule is [Pt+2].[c-]1c(N2c3[c-]c(-n4c5ccccc5n5c6ccccc6nc45)ccc3B(c3ccccc3)c3ccccc32)cccc1-n1c2ccccc2n2c3ccccc3nc12. The van der Waals surface area contributed by atoms with Crippen molar-refractivity contribution < 1.29 is 21.1 Å². The van der Waals surface area contributed by atoms with Gasteiger partial charge in [0.25, 0.3) is 0 Å². The summed E-state index contributed by atoms with van der Waals surface area (Å²) < 4.78 is 8.99. The number of hydrogen-bond acceptors (Lipinski definition) is 3. The van der Waals surface area contributed by atoms with Crippen molar-refractivity contribution in [2.24, 2.45) is 0 Å². The molecule has 1 aliphatic rings. The van der Waals surface area contributed by atoms with Crippen LogP contribution in [0.3, 0.4) is 0 Å². The summed E-state index contributed by atoms with van der Waals surface area (Å²) in [5.41, 5.74) is 16.8. The monoisotopic (exact) mass is 934 g/mol. The van der Waals surface area contributed by atoms with Crippen LogP contribution < -0.4 is 21.3 Å². The van der Waals surface area contributed by atoms with E-state index in [1.54, 1.807) is 0 Å². The maximum atomic E-state index is 5.20. The molecule has 0 saturated heterocycles. The van der Waals surface area contributed by atoms with Crippen LogP contribution in [0.25, 0.3) is 67.1 Å². The first-order valence-electron chi connectivity index (χ1n) is 19.6. The zero-order valence-corrected chi connectivity index (χ0v) is 33.6. The first kappa shape index (κ1) is 33.9. The van der Waals surface area contributed by atoms with Crippen molar-refractivity contribution in [2.75, 3.05) is 4.90 Å². The molecule has 7 nitrogen and oxygen atoms in total. The third-order valence-electron chi connectivity index (χ3n) is 11.8. The zero-order chi connectivity index (χ0) is 37.9. The Morgan fingerprint density at radius 3 is 1.54 bits per heavy atom. The Kier molecular flexibility index (Phi) is 7.44. The fourth-order valence-electron chi connectivity index (χ4n) is 9.39. The van der Waals surface area contributed by atoms with E-state index in [4.69, 9.17) is 9.97 Å². The number of rotatable bonds is 4. The van der Waals surface area contributed by atoms with Crippen LogP contribution in [-0.2, 0) is 21.1 Å². The summed E-state index contributed by atoms with van der Waals surface area (Å²) in [5.74, 6) is 1.70. The van der Waals surface area contributed by atoms with E-state index in [1.165, 1.54) is 16.4 Å². The molecule has 0 atom stereocenters. The molecule has 0 fully saturated rings. The predicted octanol–water partition coefficient (Wildman–Crippen LogP) is 9.07. The van der Waals surface area contributed by atoms with Crippen LogP contribution in [0.1, 0.15) is 0 Å². The van der Waals surface area contributed by atoms with Crippen molar-refractivity contribution in [1.82, 2.24) is 27.9 Å². The number of benzene rings is 8. The largest absolute Gasteiger partial charge is 2.00 e. The molecule has 4 aromatic heterocycles.